The topological polar surface area (TPSA) is 63.6 Å². The van der Waals surface area contributed by atoms with Crippen LogP contribution in [0.4, 0.5) is 0 Å². The lowest BCUT2D eigenvalue weighted by atomic mass is 10.0. The fourth-order valence-electron chi connectivity index (χ4n) is 3.05. The Balaban J connectivity index is 0. The maximum Gasteiger partial charge on any atom is 0.305 e. The number of esters is 1. The number of rotatable bonds is 19. The van der Waals surface area contributed by atoms with Gasteiger partial charge in [-0.05, 0) is 19.8 Å². The lowest BCUT2D eigenvalue weighted by Crippen LogP contribution is -2.02. The van der Waals surface area contributed by atoms with E-state index in [1.54, 1.807) is 0 Å². The van der Waals surface area contributed by atoms with Crippen molar-refractivity contribution in [3.8, 4) is 0 Å². The molecule has 0 fully saturated rings. The highest BCUT2D eigenvalue weighted by Gasteiger charge is 1.99. The summed E-state index contributed by atoms with van der Waals surface area (Å²) in [6, 6.07) is 0. The summed E-state index contributed by atoms with van der Waals surface area (Å²) in [5.74, 6) is -0.714. The predicted molar refractivity (Wildman–Crippen MR) is 119 cm³/mol. The molecule has 4 heteroatoms. The summed E-state index contributed by atoms with van der Waals surface area (Å²) in [5, 5.41) is 8.49. The quantitative estimate of drug-likeness (QED) is 0.178. The summed E-state index contributed by atoms with van der Waals surface area (Å²) in [5.41, 5.74) is 0. The van der Waals surface area contributed by atoms with Crippen molar-refractivity contribution in [2.24, 2.45) is 0 Å². The van der Waals surface area contributed by atoms with Crippen molar-refractivity contribution in [3.63, 3.8) is 0 Å². The molecule has 0 aromatic rings. The van der Waals surface area contributed by atoms with E-state index in [1.807, 2.05) is 6.92 Å². The van der Waals surface area contributed by atoms with Crippen molar-refractivity contribution in [1.29, 1.82) is 0 Å². The molecule has 0 aromatic heterocycles. The van der Waals surface area contributed by atoms with Crippen LogP contribution in [-0.2, 0) is 14.3 Å². The summed E-state index contributed by atoms with van der Waals surface area (Å²) in [6.45, 7) is 6.71. The average molecular weight is 401 g/mol. The average Bonchev–Trinajstić information content (AvgIpc) is 2.66. The van der Waals surface area contributed by atoms with Gasteiger partial charge in [0.1, 0.15) is 0 Å². The standard InChI is InChI=1S/C16H32O2.C8H16O2/c1-2-3-4-5-6-7-8-9-10-11-12-13-14-15-16(17)18;1-3-5-6-7-8(9)10-4-2/h2-15H2,1H3,(H,17,18);3-7H2,1-2H3. The van der Waals surface area contributed by atoms with Gasteiger partial charge in [0.25, 0.3) is 0 Å². The van der Waals surface area contributed by atoms with E-state index in [0.29, 0.717) is 19.4 Å². The molecule has 0 unspecified atom stereocenters. The number of carboxylic acid groups (broad SMARTS) is 1. The third kappa shape index (κ3) is 29.7. The molecular weight excluding hydrogens is 352 g/mol. The van der Waals surface area contributed by atoms with Gasteiger partial charge in [-0.1, -0.05) is 104 Å². The van der Waals surface area contributed by atoms with E-state index in [-0.39, 0.29) is 5.97 Å². The lowest BCUT2D eigenvalue weighted by molar-refractivity contribution is -0.143. The van der Waals surface area contributed by atoms with E-state index < -0.39 is 5.97 Å². The van der Waals surface area contributed by atoms with Gasteiger partial charge in [0.15, 0.2) is 0 Å². The van der Waals surface area contributed by atoms with Crippen LogP contribution in [0.2, 0.25) is 0 Å². The van der Waals surface area contributed by atoms with Gasteiger partial charge in [0.05, 0.1) is 6.61 Å². The first-order valence-electron chi connectivity index (χ1n) is 12.0. The highest BCUT2D eigenvalue weighted by atomic mass is 16.5. The van der Waals surface area contributed by atoms with Gasteiger partial charge >= 0.3 is 11.9 Å². The molecule has 4 nitrogen and oxygen atoms in total. The van der Waals surface area contributed by atoms with Crippen LogP contribution in [-0.4, -0.2) is 23.7 Å². The number of carboxylic acids is 1. The van der Waals surface area contributed by atoms with Gasteiger partial charge in [-0.2, -0.15) is 0 Å². The number of aliphatic carboxylic acids is 1. The first-order valence-corrected chi connectivity index (χ1v) is 12.0. The van der Waals surface area contributed by atoms with Crippen molar-refractivity contribution < 1.29 is 19.4 Å². The fourth-order valence-corrected chi connectivity index (χ4v) is 3.05. The summed E-state index contributed by atoms with van der Waals surface area (Å²) in [7, 11) is 0. The molecule has 0 saturated heterocycles. The largest absolute Gasteiger partial charge is 0.481 e. The van der Waals surface area contributed by atoms with Crippen LogP contribution >= 0.6 is 0 Å². The van der Waals surface area contributed by atoms with Crippen molar-refractivity contribution in [3.05, 3.63) is 0 Å². The third-order valence-corrected chi connectivity index (χ3v) is 4.78. The Kier molecular flexibility index (Phi) is 27.0. The molecule has 1 N–H and O–H groups in total. The molecule has 0 radical (unpaired) electrons. The molecule has 0 saturated carbocycles. The van der Waals surface area contributed by atoms with Crippen LogP contribution in [0.25, 0.3) is 0 Å². The number of carbonyl (C=O) groups is 2. The second-order valence-electron chi connectivity index (χ2n) is 7.65. The normalized spacial score (nSPS) is 10.2. The SMILES string of the molecule is CCCCCC(=O)OCC.CCCCCCCCCCCCCCCC(=O)O. The number of hydrogen-bond donors (Lipinski definition) is 1. The Hall–Kier alpha value is -1.06. The highest BCUT2D eigenvalue weighted by Crippen LogP contribution is 2.12. The van der Waals surface area contributed by atoms with Crippen LogP contribution < -0.4 is 0 Å². The molecule has 168 valence electrons. The summed E-state index contributed by atoms with van der Waals surface area (Å²) < 4.78 is 4.75. The fraction of sp³-hybridized carbons (Fsp3) is 0.917. The van der Waals surface area contributed by atoms with E-state index in [0.717, 1.165) is 32.1 Å². The molecule has 0 rings (SSSR count). The Morgan fingerprint density at radius 2 is 0.929 bits per heavy atom. The highest BCUT2D eigenvalue weighted by molar-refractivity contribution is 5.69. The molecule has 0 aliphatic carbocycles. The van der Waals surface area contributed by atoms with Crippen molar-refractivity contribution >= 4 is 11.9 Å². The summed E-state index contributed by atoms with van der Waals surface area (Å²) in [6.07, 6.45) is 21.1. The second-order valence-corrected chi connectivity index (χ2v) is 7.65. The van der Waals surface area contributed by atoms with Gasteiger partial charge in [-0.15, -0.1) is 0 Å². The van der Waals surface area contributed by atoms with E-state index in [1.165, 1.54) is 70.6 Å². The molecule has 0 spiro atoms. The molecule has 0 aliphatic heterocycles. The Labute approximate surface area is 174 Å². The summed E-state index contributed by atoms with van der Waals surface area (Å²) in [4.78, 5) is 21.0. The summed E-state index contributed by atoms with van der Waals surface area (Å²) >= 11 is 0. The maximum atomic E-state index is 10.7. The molecule has 0 atom stereocenters. The van der Waals surface area contributed by atoms with Crippen molar-refractivity contribution in [2.45, 2.75) is 136 Å². The van der Waals surface area contributed by atoms with Crippen LogP contribution in [0.5, 0.6) is 0 Å². The van der Waals surface area contributed by atoms with Crippen LogP contribution in [0.3, 0.4) is 0 Å². The van der Waals surface area contributed by atoms with Crippen molar-refractivity contribution in [1.82, 2.24) is 0 Å². The van der Waals surface area contributed by atoms with Gasteiger partial charge in [0.2, 0.25) is 0 Å². The number of hydrogen-bond acceptors (Lipinski definition) is 3. The maximum absolute atomic E-state index is 10.7. The Morgan fingerprint density at radius 3 is 1.32 bits per heavy atom. The van der Waals surface area contributed by atoms with Crippen LogP contribution in [0, 0.1) is 0 Å². The van der Waals surface area contributed by atoms with Crippen molar-refractivity contribution in [2.75, 3.05) is 6.61 Å². The number of unbranched alkanes of at least 4 members (excludes halogenated alkanes) is 14. The van der Waals surface area contributed by atoms with E-state index in [4.69, 9.17) is 9.84 Å². The molecule has 0 amide bonds. The molecular formula is C24H48O4. The zero-order valence-electron chi connectivity index (χ0n) is 19.1. The number of ether oxygens (including phenoxy) is 1. The van der Waals surface area contributed by atoms with E-state index >= 15 is 0 Å². The monoisotopic (exact) mass is 400 g/mol. The minimum atomic E-state index is -0.655. The predicted octanol–water partition coefficient (Wildman–Crippen LogP) is 7.68. The lowest BCUT2D eigenvalue weighted by Gasteiger charge is -2.02. The molecule has 0 aliphatic rings. The third-order valence-electron chi connectivity index (χ3n) is 4.78. The smallest absolute Gasteiger partial charge is 0.305 e. The minimum Gasteiger partial charge on any atom is -0.481 e. The van der Waals surface area contributed by atoms with Gasteiger partial charge in [-0.3, -0.25) is 9.59 Å². The van der Waals surface area contributed by atoms with Crippen LogP contribution in [0.1, 0.15) is 136 Å². The van der Waals surface area contributed by atoms with Gasteiger partial charge in [0, 0.05) is 12.8 Å². The molecule has 0 heterocycles. The molecule has 0 aromatic carbocycles. The second kappa shape index (κ2) is 25.9. The Bertz CT molecular complexity index is 329. The minimum absolute atomic E-state index is 0.0593. The van der Waals surface area contributed by atoms with Gasteiger partial charge in [-0.25, -0.2) is 0 Å². The number of carbonyl (C=O) groups excluding carboxylic acids is 1. The molecule has 0 bridgehead atoms. The zero-order chi connectivity index (χ0) is 21.3. The first kappa shape index (κ1) is 29.1. The van der Waals surface area contributed by atoms with E-state index in [2.05, 4.69) is 13.8 Å². The van der Waals surface area contributed by atoms with Crippen LogP contribution in [0.15, 0.2) is 0 Å². The van der Waals surface area contributed by atoms with Gasteiger partial charge < -0.3 is 9.84 Å². The Morgan fingerprint density at radius 1 is 0.571 bits per heavy atom. The molecule has 28 heavy (non-hydrogen) atoms. The van der Waals surface area contributed by atoms with E-state index in [9.17, 15) is 9.59 Å². The first-order chi connectivity index (χ1) is 13.6. The zero-order valence-corrected chi connectivity index (χ0v) is 19.1.